The Labute approximate surface area is 123 Å². The molecule has 4 heteroatoms. The maximum Gasteiger partial charge on any atom is 0.140 e. The highest BCUT2D eigenvalue weighted by Crippen LogP contribution is 2.31. The predicted octanol–water partition coefficient (Wildman–Crippen LogP) is 2.63. The molecule has 106 valence electrons. The number of nitrogens with two attached hydrogens (primary N) is 1. The summed E-state index contributed by atoms with van der Waals surface area (Å²) in [4.78, 5) is 4.78. The molecule has 2 aromatic carbocycles. The summed E-state index contributed by atoms with van der Waals surface area (Å²) in [6.45, 7) is 1.32. The van der Waals surface area contributed by atoms with Gasteiger partial charge in [0.25, 0.3) is 0 Å². The van der Waals surface area contributed by atoms with E-state index in [0.29, 0.717) is 6.54 Å². The highest BCUT2D eigenvalue weighted by Gasteiger charge is 2.15. The number of nitrogens with zero attached hydrogens (tertiary/aromatic N) is 2. The number of imidazole rings is 1. The molecule has 0 unspecified atom stereocenters. The maximum absolute atomic E-state index is 5.71. The fourth-order valence-corrected chi connectivity index (χ4v) is 2.96. The van der Waals surface area contributed by atoms with Crippen LogP contribution < -0.4 is 10.5 Å². The molecular formula is C17H17N3O. The number of aryl methyl sites for hydroxylation is 1. The minimum Gasteiger partial charge on any atom is -0.493 e. The lowest BCUT2D eigenvalue weighted by Gasteiger charge is -2.05. The van der Waals surface area contributed by atoms with E-state index in [4.69, 9.17) is 15.5 Å². The van der Waals surface area contributed by atoms with Crippen molar-refractivity contribution in [2.24, 2.45) is 12.8 Å². The van der Waals surface area contributed by atoms with Crippen LogP contribution in [0, 0.1) is 0 Å². The van der Waals surface area contributed by atoms with E-state index >= 15 is 0 Å². The van der Waals surface area contributed by atoms with Crippen molar-refractivity contribution in [3.05, 3.63) is 47.5 Å². The van der Waals surface area contributed by atoms with E-state index in [0.717, 1.165) is 46.8 Å². The van der Waals surface area contributed by atoms with Gasteiger partial charge in [-0.15, -0.1) is 0 Å². The first-order valence-electron chi connectivity index (χ1n) is 7.18. The molecule has 0 atom stereocenters. The van der Waals surface area contributed by atoms with Crippen LogP contribution in [-0.2, 0) is 20.0 Å². The van der Waals surface area contributed by atoms with Gasteiger partial charge < -0.3 is 15.0 Å². The third-order valence-electron chi connectivity index (χ3n) is 4.13. The van der Waals surface area contributed by atoms with Crippen molar-refractivity contribution in [2.75, 3.05) is 6.61 Å². The average molecular weight is 279 g/mol. The minimum absolute atomic E-state index is 0.540. The van der Waals surface area contributed by atoms with Crippen LogP contribution in [0.2, 0.25) is 0 Å². The standard InChI is InChI=1S/C17H17N3O/c1-20-15-4-2-11(10-18)8-14(15)19-17(20)13-3-5-16-12(9-13)6-7-21-16/h2-5,8-9H,6-7,10,18H2,1H3. The zero-order chi connectivity index (χ0) is 14.4. The topological polar surface area (TPSA) is 53.1 Å². The molecule has 0 bridgehead atoms. The highest BCUT2D eigenvalue weighted by atomic mass is 16.5. The van der Waals surface area contributed by atoms with Crippen LogP contribution in [0.3, 0.4) is 0 Å². The van der Waals surface area contributed by atoms with E-state index in [1.807, 2.05) is 6.07 Å². The van der Waals surface area contributed by atoms with Gasteiger partial charge in [0.1, 0.15) is 11.6 Å². The molecule has 0 radical (unpaired) electrons. The van der Waals surface area contributed by atoms with Crippen molar-refractivity contribution in [3.63, 3.8) is 0 Å². The minimum atomic E-state index is 0.540. The zero-order valence-corrected chi connectivity index (χ0v) is 12.0. The summed E-state index contributed by atoms with van der Waals surface area (Å²) in [6, 6.07) is 12.5. The molecule has 4 nitrogen and oxygen atoms in total. The molecule has 21 heavy (non-hydrogen) atoms. The first-order chi connectivity index (χ1) is 10.3. The number of benzene rings is 2. The quantitative estimate of drug-likeness (QED) is 0.784. The molecule has 1 aliphatic heterocycles. The van der Waals surface area contributed by atoms with Crippen LogP contribution >= 0.6 is 0 Å². The molecule has 1 aromatic heterocycles. The second kappa shape index (κ2) is 4.60. The molecule has 4 rings (SSSR count). The summed E-state index contributed by atoms with van der Waals surface area (Å²) < 4.78 is 7.70. The Morgan fingerprint density at radius 2 is 2.14 bits per heavy atom. The fourth-order valence-electron chi connectivity index (χ4n) is 2.96. The van der Waals surface area contributed by atoms with Crippen molar-refractivity contribution in [1.29, 1.82) is 0 Å². The SMILES string of the molecule is Cn1c(-c2ccc3c(c2)CCO3)nc2cc(CN)ccc21. The van der Waals surface area contributed by atoms with Crippen molar-refractivity contribution in [2.45, 2.75) is 13.0 Å². The van der Waals surface area contributed by atoms with Gasteiger partial charge in [-0.25, -0.2) is 4.98 Å². The van der Waals surface area contributed by atoms with E-state index in [1.54, 1.807) is 0 Å². The van der Waals surface area contributed by atoms with Gasteiger partial charge in [-0.05, 0) is 41.5 Å². The van der Waals surface area contributed by atoms with Crippen molar-refractivity contribution in [1.82, 2.24) is 9.55 Å². The Kier molecular flexibility index (Phi) is 2.72. The molecular weight excluding hydrogens is 262 g/mol. The van der Waals surface area contributed by atoms with Crippen LogP contribution in [0.1, 0.15) is 11.1 Å². The smallest absolute Gasteiger partial charge is 0.140 e. The van der Waals surface area contributed by atoms with E-state index in [1.165, 1.54) is 5.56 Å². The number of aromatic nitrogens is 2. The van der Waals surface area contributed by atoms with Gasteiger partial charge in [-0.3, -0.25) is 0 Å². The molecule has 0 spiro atoms. The summed E-state index contributed by atoms with van der Waals surface area (Å²) in [5.41, 5.74) is 11.3. The van der Waals surface area contributed by atoms with Crippen LogP contribution in [0.5, 0.6) is 5.75 Å². The van der Waals surface area contributed by atoms with Gasteiger partial charge in [0, 0.05) is 25.6 Å². The van der Waals surface area contributed by atoms with Crippen LogP contribution in [0.25, 0.3) is 22.4 Å². The maximum atomic E-state index is 5.71. The molecule has 2 heterocycles. The van der Waals surface area contributed by atoms with Gasteiger partial charge >= 0.3 is 0 Å². The van der Waals surface area contributed by atoms with E-state index < -0.39 is 0 Å². The van der Waals surface area contributed by atoms with Gasteiger partial charge in [0.15, 0.2) is 0 Å². The molecule has 2 N–H and O–H groups in total. The van der Waals surface area contributed by atoms with Gasteiger partial charge in [-0.1, -0.05) is 6.07 Å². The largest absolute Gasteiger partial charge is 0.493 e. The monoisotopic (exact) mass is 279 g/mol. The molecule has 0 saturated heterocycles. The lowest BCUT2D eigenvalue weighted by atomic mass is 10.1. The number of rotatable bonds is 2. The van der Waals surface area contributed by atoms with Crippen LogP contribution in [0.4, 0.5) is 0 Å². The molecule has 0 aliphatic carbocycles. The molecule has 0 amide bonds. The molecule has 1 aliphatic rings. The zero-order valence-electron chi connectivity index (χ0n) is 12.0. The average Bonchev–Trinajstić information content (AvgIpc) is 3.10. The summed E-state index contributed by atoms with van der Waals surface area (Å²) in [5.74, 6) is 1.98. The number of fused-ring (bicyclic) bond motifs is 2. The number of ether oxygens (including phenoxy) is 1. The van der Waals surface area contributed by atoms with E-state index in [-0.39, 0.29) is 0 Å². The second-order valence-corrected chi connectivity index (χ2v) is 5.44. The van der Waals surface area contributed by atoms with Gasteiger partial charge in [-0.2, -0.15) is 0 Å². The number of hydrogen-bond acceptors (Lipinski definition) is 3. The van der Waals surface area contributed by atoms with Gasteiger partial charge in [0.05, 0.1) is 17.6 Å². The van der Waals surface area contributed by atoms with Crippen LogP contribution in [0.15, 0.2) is 36.4 Å². The Morgan fingerprint density at radius 3 is 3.00 bits per heavy atom. The Bertz CT molecular complexity index is 835. The Hall–Kier alpha value is -2.33. The highest BCUT2D eigenvalue weighted by molar-refractivity contribution is 5.81. The summed E-state index contributed by atoms with van der Waals surface area (Å²) in [6.07, 6.45) is 0.977. The number of hydrogen-bond donors (Lipinski definition) is 1. The van der Waals surface area contributed by atoms with Crippen molar-refractivity contribution >= 4 is 11.0 Å². The van der Waals surface area contributed by atoms with Crippen molar-refractivity contribution in [3.8, 4) is 17.1 Å². The third kappa shape index (κ3) is 1.91. The lowest BCUT2D eigenvalue weighted by molar-refractivity contribution is 0.357. The molecule has 0 saturated carbocycles. The second-order valence-electron chi connectivity index (χ2n) is 5.44. The van der Waals surface area contributed by atoms with Crippen molar-refractivity contribution < 1.29 is 4.74 Å². The lowest BCUT2D eigenvalue weighted by Crippen LogP contribution is -1.96. The van der Waals surface area contributed by atoms with Crippen LogP contribution in [-0.4, -0.2) is 16.2 Å². The predicted molar refractivity (Wildman–Crippen MR) is 83.2 cm³/mol. The first-order valence-corrected chi connectivity index (χ1v) is 7.18. The summed E-state index contributed by atoms with van der Waals surface area (Å²) in [7, 11) is 2.05. The van der Waals surface area contributed by atoms with E-state index in [2.05, 4.69) is 41.9 Å². The molecule has 0 fully saturated rings. The Balaban J connectivity index is 1.88. The normalized spacial score (nSPS) is 13.4. The first kappa shape index (κ1) is 12.4. The summed E-state index contributed by atoms with van der Waals surface area (Å²) in [5, 5.41) is 0. The third-order valence-corrected chi connectivity index (χ3v) is 4.13. The summed E-state index contributed by atoms with van der Waals surface area (Å²) >= 11 is 0. The van der Waals surface area contributed by atoms with Gasteiger partial charge in [0.2, 0.25) is 0 Å². The fraction of sp³-hybridized carbons (Fsp3) is 0.235. The molecule has 3 aromatic rings. The van der Waals surface area contributed by atoms with E-state index in [9.17, 15) is 0 Å². The Morgan fingerprint density at radius 1 is 1.24 bits per heavy atom.